The van der Waals surface area contributed by atoms with Crippen LogP contribution in [0.15, 0.2) is 18.5 Å². The van der Waals surface area contributed by atoms with E-state index in [0.29, 0.717) is 25.3 Å². The number of hydrogen-bond acceptors (Lipinski definition) is 3. The van der Waals surface area contributed by atoms with Crippen LogP contribution in [0.3, 0.4) is 0 Å². The van der Waals surface area contributed by atoms with Gasteiger partial charge in [0, 0.05) is 38.6 Å². The van der Waals surface area contributed by atoms with E-state index in [4.69, 9.17) is 4.74 Å². The van der Waals surface area contributed by atoms with Gasteiger partial charge in [-0.15, -0.1) is 0 Å². The minimum Gasteiger partial charge on any atom is -0.450 e. The molecule has 0 atom stereocenters. The molecule has 6 heteroatoms. The van der Waals surface area contributed by atoms with E-state index >= 15 is 0 Å². The number of aromatic nitrogens is 1. The summed E-state index contributed by atoms with van der Waals surface area (Å²) in [6, 6.07) is 1.91. The van der Waals surface area contributed by atoms with Crippen LogP contribution in [-0.4, -0.2) is 47.2 Å². The summed E-state index contributed by atoms with van der Waals surface area (Å²) in [6.07, 6.45) is 4.90. The number of carbonyl (C=O) groups excluding carboxylic acids is 2. The number of ether oxygens (including phenoxy) is 1. The number of rotatable bonds is 3. The molecule has 0 spiro atoms. The van der Waals surface area contributed by atoms with Crippen LogP contribution >= 0.6 is 0 Å². The van der Waals surface area contributed by atoms with Crippen LogP contribution in [0.25, 0.3) is 0 Å². The molecule has 2 rings (SSSR count). The van der Waals surface area contributed by atoms with Gasteiger partial charge in [-0.3, -0.25) is 4.79 Å². The van der Waals surface area contributed by atoms with Crippen molar-refractivity contribution in [1.29, 1.82) is 0 Å². The lowest BCUT2D eigenvalue weighted by Gasteiger charge is -2.31. The highest BCUT2D eigenvalue weighted by Crippen LogP contribution is 2.12. The van der Waals surface area contributed by atoms with E-state index in [2.05, 4.69) is 5.32 Å². The van der Waals surface area contributed by atoms with Crippen molar-refractivity contribution in [2.75, 3.05) is 19.7 Å². The zero-order chi connectivity index (χ0) is 14.5. The molecule has 1 saturated heterocycles. The van der Waals surface area contributed by atoms with Crippen molar-refractivity contribution in [2.24, 2.45) is 7.05 Å². The van der Waals surface area contributed by atoms with Crippen molar-refractivity contribution in [3.8, 4) is 0 Å². The van der Waals surface area contributed by atoms with E-state index in [1.54, 1.807) is 24.1 Å². The van der Waals surface area contributed by atoms with Crippen LogP contribution in [0.4, 0.5) is 4.79 Å². The smallest absolute Gasteiger partial charge is 0.409 e. The van der Waals surface area contributed by atoms with Crippen molar-refractivity contribution in [2.45, 2.75) is 25.8 Å². The van der Waals surface area contributed by atoms with Gasteiger partial charge in [-0.25, -0.2) is 4.79 Å². The van der Waals surface area contributed by atoms with E-state index in [1.807, 2.05) is 17.8 Å². The number of nitrogens with zero attached hydrogens (tertiary/aromatic N) is 2. The van der Waals surface area contributed by atoms with Gasteiger partial charge in [-0.05, 0) is 25.8 Å². The standard InChI is InChI=1S/C14H21N3O3/c1-3-20-14(19)17-8-5-12(6-9-17)15-13(18)11-4-7-16(2)10-11/h4,7,10,12H,3,5-6,8-9H2,1-2H3,(H,15,18). The average molecular weight is 279 g/mol. The maximum atomic E-state index is 12.0. The second-order valence-electron chi connectivity index (χ2n) is 5.00. The molecule has 2 amide bonds. The Hall–Kier alpha value is -1.98. The summed E-state index contributed by atoms with van der Waals surface area (Å²) in [7, 11) is 1.88. The molecule has 110 valence electrons. The molecule has 0 saturated carbocycles. The molecular weight excluding hydrogens is 258 g/mol. The predicted molar refractivity (Wildman–Crippen MR) is 74.5 cm³/mol. The predicted octanol–water partition coefficient (Wildman–Crippen LogP) is 1.38. The quantitative estimate of drug-likeness (QED) is 0.909. The second kappa shape index (κ2) is 6.45. The van der Waals surface area contributed by atoms with Crippen molar-refractivity contribution in [3.63, 3.8) is 0 Å². The SMILES string of the molecule is CCOC(=O)N1CCC(NC(=O)c2ccn(C)c2)CC1. The van der Waals surface area contributed by atoms with Gasteiger partial charge in [0.25, 0.3) is 5.91 Å². The highest BCUT2D eigenvalue weighted by atomic mass is 16.6. The summed E-state index contributed by atoms with van der Waals surface area (Å²) in [5, 5.41) is 3.01. The number of likely N-dealkylation sites (tertiary alicyclic amines) is 1. The second-order valence-corrected chi connectivity index (χ2v) is 5.00. The fourth-order valence-electron chi connectivity index (χ4n) is 2.33. The minimum atomic E-state index is -0.264. The molecule has 0 aromatic carbocycles. The van der Waals surface area contributed by atoms with Gasteiger partial charge in [-0.2, -0.15) is 0 Å². The zero-order valence-corrected chi connectivity index (χ0v) is 12.0. The monoisotopic (exact) mass is 279 g/mol. The molecule has 0 aliphatic carbocycles. The van der Waals surface area contributed by atoms with Crippen molar-refractivity contribution >= 4 is 12.0 Å². The van der Waals surface area contributed by atoms with E-state index in [9.17, 15) is 9.59 Å². The molecule has 2 heterocycles. The van der Waals surface area contributed by atoms with Crippen LogP contribution in [0.2, 0.25) is 0 Å². The molecule has 1 aliphatic heterocycles. The fourth-order valence-corrected chi connectivity index (χ4v) is 2.33. The first kappa shape index (κ1) is 14.4. The molecule has 1 fully saturated rings. The van der Waals surface area contributed by atoms with Crippen LogP contribution < -0.4 is 5.32 Å². The zero-order valence-electron chi connectivity index (χ0n) is 12.0. The Balaban J connectivity index is 1.80. The largest absolute Gasteiger partial charge is 0.450 e. The molecule has 0 radical (unpaired) electrons. The summed E-state index contributed by atoms with van der Waals surface area (Å²) in [5.74, 6) is -0.0554. The Morgan fingerprint density at radius 1 is 1.40 bits per heavy atom. The summed E-state index contributed by atoms with van der Waals surface area (Å²) in [6.45, 7) is 3.44. The third-order valence-corrected chi connectivity index (χ3v) is 3.45. The first-order valence-electron chi connectivity index (χ1n) is 6.94. The maximum absolute atomic E-state index is 12.0. The number of hydrogen-bond donors (Lipinski definition) is 1. The normalized spacial score (nSPS) is 16.0. The van der Waals surface area contributed by atoms with Crippen LogP contribution in [-0.2, 0) is 11.8 Å². The van der Waals surface area contributed by atoms with E-state index in [0.717, 1.165) is 12.8 Å². The topological polar surface area (TPSA) is 63.6 Å². The Labute approximate surface area is 118 Å². The van der Waals surface area contributed by atoms with Gasteiger partial charge < -0.3 is 19.5 Å². The number of piperidine rings is 1. The van der Waals surface area contributed by atoms with Gasteiger partial charge in [0.05, 0.1) is 12.2 Å². The summed E-state index contributed by atoms with van der Waals surface area (Å²) in [5.41, 5.74) is 0.667. The molecule has 1 aromatic rings. The van der Waals surface area contributed by atoms with Crippen LogP contribution in [0.1, 0.15) is 30.1 Å². The van der Waals surface area contributed by atoms with E-state index in [-0.39, 0.29) is 18.0 Å². The van der Waals surface area contributed by atoms with Gasteiger partial charge in [-0.1, -0.05) is 0 Å². The van der Waals surface area contributed by atoms with Crippen molar-refractivity contribution in [3.05, 3.63) is 24.0 Å². The minimum absolute atomic E-state index is 0.0554. The van der Waals surface area contributed by atoms with E-state index in [1.165, 1.54) is 0 Å². The van der Waals surface area contributed by atoms with Crippen LogP contribution in [0, 0.1) is 0 Å². The van der Waals surface area contributed by atoms with Crippen molar-refractivity contribution < 1.29 is 14.3 Å². The fraction of sp³-hybridized carbons (Fsp3) is 0.571. The van der Waals surface area contributed by atoms with Gasteiger partial charge in [0.2, 0.25) is 0 Å². The van der Waals surface area contributed by atoms with Crippen LogP contribution in [0.5, 0.6) is 0 Å². The van der Waals surface area contributed by atoms with E-state index < -0.39 is 0 Å². The number of carbonyl (C=O) groups is 2. The van der Waals surface area contributed by atoms with Gasteiger partial charge in [0.1, 0.15) is 0 Å². The lowest BCUT2D eigenvalue weighted by Crippen LogP contribution is -2.46. The molecule has 1 aromatic heterocycles. The molecule has 1 aliphatic rings. The Morgan fingerprint density at radius 2 is 2.10 bits per heavy atom. The lowest BCUT2D eigenvalue weighted by atomic mass is 10.1. The van der Waals surface area contributed by atoms with Gasteiger partial charge in [0.15, 0.2) is 0 Å². The third kappa shape index (κ3) is 3.53. The van der Waals surface area contributed by atoms with Gasteiger partial charge >= 0.3 is 6.09 Å². The number of nitrogens with one attached hydrogen (secondary N) is 1. The summed E-state index contributed by atoms with van der Waals surface area (Å²) in [4.78, 5) is 25.3. The third-order valence-electron chi connectivity index (χ3n) is 3.45. The Bertz CT molecular complexity index is 476. The summed E-state index contributed by atoms with van der Waals surface area (Å²) >= 11 is 0. The molecule has 0 bridgehead atoms. The lowest BCUT2D eigenvalue weighted by molar-refractivity contribution is 0.0860. The molecular formula is C14H21N3O3. The Morgan fingerprint density at radius 3 is 2.65 bits per heavy atom. The number of amides is 2. The molecule has 20 heavy (non-hydrogen) atoms. The highest BCUT2D eigenvalue weighted by Gasteiger charge is 2.24. The molecule has 1 N–H and O–H groups in total. The molecule has 6 nitrogen and oxygen atoms in total. The van der Waals surface area contributed by atoms with Crippen molar-refractivity contribution in [1.82, 2.24) is 14.8 Å². The average Bonchev–Trinajstić information content (AvgIpc) is 2.86. The Kier molecular flexibility index (Phi) is 4.65. The first-order chi connectivity index (χ1) is 9.60. The first-order valence-corrected chi connectivity index (χ1v) is 6.94. The number of aryl methyl sites for hydroxylation is 1. The molecule has 0 unspecified atom stereocenters. The maximum Gasteiger partial charge on any atom is 0.409 e. The highest BCUT2D eigenvalue weighted by molar-refractivity contribution is 5.94. The summed E-state index contributed by atoms with van der Waals surface area (Å²) < 4.78 is 6.81.